The van der Waals surface area contributed by atoms with Crippen LogP contribution in [0.15, 0.2) is 24.3 Å². The average molecular weight is 506 g/mol. The number of hydrogen-bond acceptors (Lipinski definition) is 6. The normalized spacial score (nSPS) is 22.9. The van der Waals surface area contributed by atoms with Gasteiger partial charge in [0.25, 0.3) is 11.8 Å². The van der Waals surface area contributed by atoms with Crippen LogP contribution >= 0.6 is 23.2 Å². The Hall–Kier alpha value is -2.60. The maximum atomic E-state index is 13.5. The van der Waals surface area contributed by atoms with Gasteiger partial charge < -0.3 is 19.8 Å². The third-order valence-electron chi connectivity index (χ3n) is 5.33. The van der Waals surface area contributed by atoms with E-state index in [9.17, 15) is 33.0 Å². The van der Waals surface area contributed by atoms with Gasteiger partial charge in [-0.25, -0.2) is 4.98 Å². The Bertz CT molecular complexity index is 1150. The van der Waals surface area contributed by atoms with Gasteiger partial charge in [-0.2, -0.15) is 13.2 Å². The number of ether oxygens (including phenoxy) is 1. The summed E-state index contributed by atoms with van der Waals surface area (Å²) in [5.74, 6) is -2.45. The summed E-state index contributed by atoms with van der Waals surface area (Å²) in [7, 11) is 0. The maximum absolute atomic E-state index is 13.5. The number of halogens is 5. The van der Waals surface area contributed by atoms with E-state index < -0.39 is 47.6 Å². The number of alkyl halides is 3. The number of carbonyl (C=O) groups is 2. The molecule has 2 amide bonds. The number of pyridine rings is 1. The summed E-state index contributed by atoms with van der Waals surface area (Å²) in [6, 6.07) is 2.47. The van der Waals surface area contributed by atoms with Crippen LogP contribution in [0.2, 0.25) is 10.0 Å². The predicted molar refractivity (Wildman–Crippen MR) is 112 cm³/mol. The lowest BCUT2D eigenvalue weighted by molar-refractivity contribution is -0.137. The number of hydrogen-bond donors (Lipinski definition) is 2. The Morgan fingerprint density at radius 2 is 1.94 bits per heavy atom. The molecule has 1 fully saturated rings. The van der Waals surface area contributed by atoms with E-state index >= 15 is 0 Å². The second-order valence-corrected chi connectivity index (χ2v) is 8.27. The second kappa shape index (κ2) is 8.32. The van der Waals surface area contributed by atoms with Crippen LogP contribution in [-0.2, 0) is 15.8 Å². The number of aryl methyl sites for hydroxylation is 1. The molecule has 2 aliphatic rings. The van der Waals surface area contributed by atoms with Crippen LogP contribution in [0.3, 0.4) is 0 Å². The van der Waals surface area contributed by atoms with Crippen molar-refractivity contribution in [3.8, 4) is 5.75 Å². The molecule has 8 nitrogen and oxygen atoms in total. The molecule has 1 aromatic heterocycles. The smallest absolute Gasteiger partial charge is 0.416 e. The van der Waals surface area contributed by atoms with E-state index in [-0.39, 0.29) is 40.3 Å². The number of fused-ring (bicyclic) bond motifs is 1. The molecule has 33 heavy (non-hydrogen) atoms. The number of aliphatic hydroxyl groups excluding tert-OH is 2. The van der Waals surface area contributed by atoms with E-state index in [2.05, 4.69) is 4.98 Å². The fourth-order valence-electron chi connectivity index (χ4n) is 3.82. The lowest BCUT2D eigenvalue weighted by Crippen LogP contribution is -2.53. The molecule has 4 rings (SSSR count). The first-order valence-corrected chi connectivity index (χ1v) is 10.3. The van der Waals surface area contributed by atoms with Gasteiger partial charge in [0.2, 0.25) is 0 Å². The van der Waals surface area contributed by atoms with Crippen molar-refractivity contribution in [1.29, 1.82) is 0 Å². The van der Waals surface area contributed by atoms with Gasteiger partial charge in [0.05, 0.1) is 22.8 Å². The lowest BCUT2D eigenvalue weighted by atomic mass is 10.1. The molecule has 3 atom stereocenters. The summed E-state index contributed by atoms with van der Waals surface area (Å²) in [6.45, 7) is 1.27. The Kier molecular flexibility index (Phi) is 5.94. The van der Waals surface area contributed by atoms with Crippen molar-refractivity contribution in [3.63, 3.8) is 0 Å². The van der Waals surface area contributed by atoms with Gasteiger partial charge in [-0.05, 0) is 31.2 Å². The van der Waals surface area contributed by atoms with Crippen LogP contribution in [0.5, 0.6) is 5.75 Å². The van der Waals surface area contributed by atoms with Crippen LogP contribution in [0.4, 0.5) is 24.7 Å². The quantitative estimate of drug-likeness (QED) is 0.650. The van der Waals surface area contributed by atoms with E-state index in [0.717, 1.165) is 11.0 Å². The number of nitrogens with zero attached hydrogens (tertiary/aromatic N) is 3. The number of aliphatic hydroxyl groups is 2. The molecule has 0 unspecified atom stereocenters. The van der Waals surface area contributed by atoms with Crippen LogP contribution in [0.1, 0.15) is 11.3 Å². The zero-order chi connectivity index (χ0) is 24.2. The molecule has 1 aromatic carbocycles. The standard InChI is InChI=1S/C20H16Cl2F3N3O5/c1-8-6-9(20(23,24)25)7-12(26-8)28-14(15(29)16(30)19(28)32)18(31)27-4-5-33-17-11(27)3-2-10(21)13(17)22/h2-3,6-7,14-16,29-30H,4-5H2,1H3/t14-,15-,16-/m0/s1. The van der Waals surface area contributed by atoms with Crippen molar-refractivity contribution in [2.75, 3.05) is 23.0 Å². The van der Waals surface area contributed by atoms with E-state index in [1.54, 1.807) is 0 Å². The highest BCUT2D eigenvalue weighted by Crippen LogP contribution is 2.43. The summed E-state index contributed by atoms with van der Waals surface area (Å²) in [5.41, 5.74) is -0.985. The minimum atomic E-state index is -4.75. The largest absolute Gasteiger partial charge is 0.488 e. The van der Waals surface area contributed by atoms with Gasteiger partial charge in [0.15, 0.2) is 11.9 Å². The molecule has 13 heteroatoms. The van der Waals surface area contributed by atoms with Crippen molar-refractivity contribution >= 4 is 46.5 Å². The monoisotopic (exact) mass is 505 g/mol. The molecule has 176 valence electrons. The number of aromatic nitrogens is 1. The van der Waals surface area contributed by atoms with Crippen LogP contribution in [0, 0.1) is 6.92 Å². The highest BCUT2D eigenvalue weighted by atomic mass is 35.5. The molecule has 0 spiro atoms. The van der Waals surface area contributed by atoms with Crippen molar-refractivity contribution in [2.45, 2.75) is 31.3 Å². The van der Waals surface area contributed by atoms with Crippen molar-refractivity contribution < 1.29 is 37.7 Å². The third-order valence-corrected chi connectivity index (χ3v) is 6.12. The summed E-state index contributed by atoms with van der Waals surface area (Å²) in [4.78, 5) is 31.9. The first-order valence-electron chi connectivity index (χ1n) is 9.59. The number of rotatable bonds is 2. The molecule has 0 radical (unpaired) electrons. The third kappa shape index (κ3) is 3.99. The lowest BCUT2D eigenvalue weighted by Gasteiger charge is -2.34. The Morgan fingerprint density at radius 3 is 2.61 bits per heavy atom. The molecule has 0 aliphatic carbocycles. The predicted octanol–water partition coefficient (Wildman–Crippen LogP) is 2.58. The van der Waals surface area contributed by atoms with E-state index in [4.69, 9.17) is 27.9 Å². The zero-order valence-electron chi connectivity index (χ0n) is 16.8. The minimum absolute atomic E-state index is 0.000958. The molecule has 1 saturated heterocycles. The van der Waals surface area contributed by atoms with E-state index in [0.29, 0.717) is 11.0 Å². The first-order chi connectivity index (χ1) is 15.4. The van der Waals surface area contributed by atoms with Crippen molar-refractivity contribution in [1.82, 2.24) is 4.98 Å². The van der Waals surface area contributed by atoms with Gasteiger partial charge in [-0.15, -0.1) is 0 Å². The average Bonchev–Trinajstić information content (AvgIpc) is 2.98. The molecule has 2 aromatic rings. The van der Waals surface area contributed by atoms with Gasteiger partial charge in [0.1, 0.15) is 29.6 Å². The highest BCUT2D eigenvalue weighted by Gasteiger charge is 2.53. The van der Waals surface area contributed by atoms with Crippen LogP contribution in [0.25, 0.3) is 0 Å². The van der Waals surface area contributed by atoms with Crippen molar-refractivity contribution in [2.24, 2.45) is 0 Å². The number of amides is 2. The van der Waals surface area contributed by atoms with Gasteiger partial charge in [-0.1, -0.05) is 23.2 Å². The van der Waals surface area contributed by atoms with E-state index in [1.807, 2.05) is 0 Å². The molecule has 2 aliphatic heterocycles. The summed E-state index contributed by atoms with van der Waals surface area (Å²) in [5, 5.41) is 20.9. The van der Waals surface area contributed by atoms with Crippen molar-refractivity contribution in [3.05, 3.63) is 45.6 Å². The Labute approximate surface area is 195 Å². The maximum Gasteiger partial charge on any atom is 0.416 e. The SMILES string of the molecule is Cc1cc(C(F)(F)F)cc(N2C(=O)[C@@H](O)[C@@H](O)[C@H]2C(=O)N2CCOc3c2ccc(Cl)c3Cl)n1. The van der Waals surface area contributed by atoms with Gasteiger partial charge >= 0.3 is 6.18 Å². The minimum Gasteiger partial charge on any atom is -0.488 e. The topological polar surface area (TPSA) is 103 Å². The molecule has 0 bridgehead atoms. The summed E-state index contributed by atoms with van der Waals surface area (Å²) < 4.78 is 45.5. The van der Waals surface area contributed by atoms with Gasteiger partial charge in [0, 0.05) is 5.69 Å². The van der Waals surface area contributed by atoms with Crippen LogP contribution in [-0.4, -0.2) is 58.4 Å². The number of anilines is 2. The van der Waals surface area contributed by atoms with Gasteiger partial charge in [-0.3, -0.25) is 14.5 Å². The summed E-state index contributed by atoms with van der Waals surface area (Å²) >= 11 is 12.1. The summed E-state index contributed by atoms with van der Waals surface area (Å²) in [6.07, 6.45) is -8.71. The number of benzene rings is 1. The fourth-order valence-corrected chi connectivity index (χ4v) is 4.18. The molecule has 3 heterocycles. The Morgan fingerprint density at radius 1 is 1.24 bits per heavy atom. The molecular weight excluding hydrogens is 490 g/mol. The van der Waals surface area contributed by atoms with Crippen LogP contribution < -0.4 is 14.5 Å². The molecular formula is C20H16Cl2F3N3O5. The highest BCUT2D eigenvalue weighted by molar-refractivity contribution is 6.43. The second-order valence-electron chi connectivity index (χ2n) is 7.49. The molecule has 0 saturated carbocycles. The van der Waals surface area contributed by atoms with E-state index in [1.165, 1.54) is 19.1 Å². The number of carbonyl (C=O) groups excluding carboxylic acids is 2. The fraction of sp³-hybridized carbons (Fsp3) is 0.350. The zero-order valence-corrected chi connectivity index (χ0v) is 18.3. The Balaban J connectivity index is 1.79. The first kappa shape index (κ1) is 23.6. The molecule has 2 N–H and O–H groups in total.